The number of hydrogen-bond donors (Lipinski definition) is 1. The first kappa shape index (κ1) is 11.2. The monoisotopic (exact) mass is 198 g/mol. The Kier molecular flexibility index (Phi) is 5.25. The van der Waals surface area contributed by atoms with E-state index in [9.17, 15) is 0 Å². The number of aromatic nitrogens is 1. The van der Waals surface area contributed by atoms with Crippen molar-refractivity contribution in [2.24, 2.45) is 0 Å². The van der Waals surface area contributed by atoms with Crippen LogP contribution in [-0.4, -0.2) is 25.2 Å². The Balaban J connectivity index is 2.27. The number of ether oxygens (including phenoxy) is 1. The molecule has 1 aromatic heterocycles. The minimum atomic E-state index is 0.528. The lowest BCUT2D eigenvalue weighted by Gasteiger charge is -1.97. The van der Waals surface area contributed by atoms with Crippen LogP contribution in [0.25, 0.3) is 0 Å². The molecule has 0 aliphatic carbocycles. The Labute approximate surface area is 84.7 Å². The van der Waals surface area contributed by atoms with Gasteiger partial charge in [0.2, 0.25) is 0 Å². The zero-order chi connectivity index (χ0) is 10.2. The highest BCUT2D eigenvalue weighted by molar-refractivity contribution is 4.92. The number of nitrogens with one attached hydrogen (secondary N) is 1. The second-order valence-electron chi connectivity index (χ2n) is 3.13. The van der Waals surface area contributed by atoms with Crippen LogP contribution in [-0.2, 0) is 17.8 Å². The van der Waals surface area contributed by atoms with Crippen LogP contribution in [0, 0.1) is 0 Å². The molecule has 0 aliphatic rings. The van der Waals surface area contributed by atoms with Gasteiger partial charge in [0.25, 0.3) is 0 Å². The molecule has 0 aromatic carbocycles. The maximum atomic E-state index is 5.46. The van der Waals surface area contributed by atoms with Crippen LogP contribution in [0.5, 0.6) is 0 Å². The molecule has 1 N–H and O–H groups in total. The maximum Gasteiger partial charge on any atom is 0.195 e. The second-order valence-corrected chi connectivity index (χ2v) is 3.13. The third-order valence-electron chi connectivity index (χ3n) is 1.78. The molecule has 0 atom stereocenters. The van der Waals surface area contributed by atoms with Crippen LogP contribution in [0.1, 0.15) is 25.0 Å². The summed E-state index contributed by atoms with van der Waals surface area (Å²) in [5.74, 6) is 1.58. The Bertz CT molecular complexity index is 248. The topological polar surface area (TPSA) is 47.3 Å². The summed E-state index contributed by atoms with van der Waals surface area (Å²) < 4.78 is 10.8. The van der Waals surface area contributed by atoms with E-state index in [0.29, 0.717) is 6.61 Å². The average molecular weight is 198 g/mol. The normalized spacial score (nSPS) is 10.7. The van der Waals surface area contributed by atoms with Crippen molar-refractivity contribution in [3.8, 4) is 0 Å². The minimum Gasteiger partial charge on any atom is -0.443 e. The van der Waals surface area contributed by atoms with E-state index in [1.807, 2.05) is 7.05 Å². The summed E-state index contributed by atoms with van der Waals surface area (Å²) >= 11 is 0. The SMILES string of the molecule is CCCOCc1cnc(CCNC)o1. The number of rotatable bonds is 7. The minimum absolute atomic E-state index is 0.528. The van der Waals surface area contributed by atoms with E-state index in [-0.39, 0.29) is 0 Å². The number of hydrogen-bond acceptors (Lipinski definition) is 4. The first-order valence-corrected chi connectivity index (χ1v) is 5.02. The zero-order valence-electron chi connectivity index (χ0n) is 8.88. The van der Waals surface area contributed by atoms with E-state index in [4.69, 9.17) is 9.15 Å². The molecule has 14 heavy (non-hydrogen) atoms. The van der Waals surface area contributed by atoms with Crippen molar-refractivity contribution in [1.82, 2.24) is 10.3 Å². The summed E-state index contributed by atoms with van der Waals surface area (Å²) in [5, 5.41) is 3.05. The van der Waals surface area contributed by atoms with Gasteiger partial charge in [-0.15, -0.1) is 0 Å². The fourth-order valence-electron chi connectivity index (χ4n) is 1.08. The Morgan fingerprint density at radius 2 is 2.43 bits per heavy atom. The fraction of sp³-hybridized carbons (Fsp3) is 0.700. The molecule has 80 valence electrons. The average Bonchev–Trinajstić information content (AvgIpc) is 2.63. The molecule has 1 rings (SSSR count). The van der Waals surface area contributed by atoms with E-state index in [2.05, 4.69) is 17.2 Å². The highest BCUT2D eigenvalue weighted by atomic mass is 16.5. The van der Waals surface area contributed by atoms with Gasteiger partial charge in [-0.3, -0.25) is 0 Å². The zero-order valence-corrected chi connectivity index (χ0v) is 8.88. The van der Waals surface area contributed by atoms with Gasteiger partial charge < -0.3 is 14.5 Å². The lowest BCUT2D eigenvalue weighted by atomic mass is 10.4. The summed E-state index contributed by atoms with van der Waals surface area (Å²) in [6.07, 6.45) is 3.59. The highest BCUT2D eigenvalue weighted by Crippen LogP contribution is 2.05. The van der Waals surface area contributed by atoms with Crippen LogP contribution in [0.15, 0.2) is 10.6 Å². The van der Waals surface area contributed by atoms with E-state index in [1.165, 1.54) is 0 Å². The third-order valence-corrected chi connectivity index (χ3v) is 1.78. The van der Waals surface area contributed by atoms with Crippen LogP contribution in [0.3, 0.4) is 0 Å². The summed E-state index contributed by atoms with van der Waals surface area (Å²) in [4.78, 5) is 4.15. The molecule has 1 aromatic rings. The Morgan fingerprint density at radius 3 is 3.14 bits per heavy atom. The van der Waals surface area contributed by atoms with Gasteiger partial charge in [0.15, 0.2) is 5.89 Å². The first-order chi connectivity index (χ1) is 6.86. The maximum absolute atomic E-state index is 5.46. The fourth-order valence-corrected chi connectivity index (χ4v) is 1.08. The predicted octanol–water partition coefficient (Wildman–Crippen LogP) is 1.36. The van der Waals surface area contributed by atoms with Crippen molar-refractivity contribution < 1.29 is 9.15 Å². The summed E-state index contributed by atoms with van der Waals surface area (Å²) in [5.41, 5.74) is 0. The molecular weight excluding hydrogens is 180 g/mol. The molecule has 0 fully saturated rings. The molecule has 0 unspecified atom stereocenters. The molecule has 0 radical (unpaired) electrons. The molecule has 0 spiro atoms. The van der Waals surface area contributed by atoms with Crippen LogP contribution < -0.4 is 5.32 Å². The number of oxazole rings is 1. The Hall–Kier alpha value is -0.870. The van der Waals surface area contributed by atoms with Gasteiger partial charge in [-0.1, -0.05) is 6.92 Å². The summed E-state index contributed by atoms with van der Waals surface area (Å²) in [7, 11) is 1.91. The van der Waals surface area contributed by atoms with Crippen molar-refractivity contribution in [2.75, 3.05) is 20.2 Å². The van der Waals surface area contributed by atoms with Gasteiger partial charge >= 0.3 is 0 Å². The van der Waals surface area contributed by atoms with Gasteiger partial charge in [-0.25, -0.2) is 4.98 Å². The van der Waals surface area contributed by atoms with Gasteiger partial charge in [0, 0.05) is 19.6 Å². The van der Waals surface area contributed by atoms with E-state index < -0.39 is 0 Å². The summed E-state index contributed by atoms with van der Waals surface area (Å²) in [6.45, 7) is 4.27. The van der Waals surface area contributed by atoms with Crippen molar-refractivity contribution in [3.63, 3.8) is 0 Å². The predicted molar refractivity (Wildman–Crippen MR) is 54.1 cm³/mol. The third kappa shape index (κ3) is 3.89. The van der Waals surface area contributed by atoms with E-state index >= 15 is 0 Å². The smallest absolute Gasteiger partial charge is 0.195 e. The largest absolute Gasteiger partial charge is 0.443 e. The molecule has 1 heterocycles. The molecule has 0 amide bonds. The summed E-state index contributed by atoms with van der Waals surface area (Å²) in [6, 6.07) is 0. The van der Waals surface area contributed by atoms with E-state index in [1.54, 1.807) is 6.20 Å². The van der Waals surface area contributed by atoms with E-state index in [0.717, 1.165) is 37.6 Å². The standard InChI is InChI=1S/C10H18N2O2/c1-3-6-13-8-9-7-12-10(14-9)4-5-11-2/h7,11H,3-6,8H2,1-2H3. The van der Waals surface area contributed by atoms with Crippen molar-refractivity contribution >= 4 is 0 Å². The molecule has 0 saturated carbocycles. The van der Waals surface area contributed by atoms with Crippen LogP contribution in [0.2, 0.25) is 0 Å². The molecule has 0 saturated heterocycles. The van der Waals surface area contributed by atoms with Gasteiger partial charge in [0.1, 0.15) is 12.4 Å². The quantitative estimate of drug-likeness (QED) is 0.672. The van der Waals surface area contributed by atoms with Gasteiger partial charge in [-0.2, -0.15) is 0 Å². The van der Waals surface area contributed by atoms with Crippen LogP contribution >= 0.6 is 0 Å². The molecule has 4 heteroatoms. The van der Waals surface area contributed by atoms with Crippen molar-refractivity contribution in [2.45, 2.75) is 26.4 Å². The number of likely N-dealkylation sites (N-methyl/N-ethyl adjacent to an activating group) is 1. The second kappa shape index (κ2) is 6.56. The lowest BCUT2D eigenvalue weighted by molar-refractivity contribution is 0.106. The van der Waals surface area contributed by atoms with Gasteiger partial charge in [-0.05, 0) is 13.5 Å². The lowest BCUT2D eigenvalue weighted by Crippen LogP contribution is -2.10. The van der Waals surface area contributed by atoms with Crippen LogP contribution in [0.4, 0.5) is 0 Å². The Morgan fingerprint density at radius 1 is 1.57 bits per heavy atom. The van der Waals surface area contributed by atoms with Gasteiger partial charge in [0.05, 0.1) is 6.20 Å². The molecule has 0 aliphatic heterocycles. The first-order valence-electron chi connectivity index (χ1n) is 5.02. The molecular formula is C10H18N2O2. The van der Waals surface area contributed by atoms with Crippen molar-refractivity contribution in [1.29, 1.82) is 0 Å². The highest BCUT2D eigenvalue weighted by Gasteiger charge is 2.02. The molecule has 0 bridgehead atoms. The number of nitrogens with zero attached hydrogens (tertiary/aromatic N) is 1. The van der Waals surface area contributed by atoms with Crippen molar-refractivity contribution in [3.05, 3.63) is 17.8 Å². The molecule has 4 nitrogen and oxygen atoms in total.